The van der Waals surface area contributed by atoms with Crippen LogP contribution < -0.4 is 0 Å². The van der Waals surface area contributed by atoms with Crippen LogP contribution in [0.4, 0.5) is 0 Å². The van der Waals surface area contributed by atoms with Crippen LogP contribution in [0.15, 0.2) is 43.1 Å². The second-order valence-electron chi connectivity index (χ2n) is 4.09. The van der Waals surface area contributed by atoms with Gasteiger partial charge in [0.2, 0.25) is 0 Å². The van der Waals surface area contributed by atoms with Crippen molar-refractivity contribution in [3.05, 3.63) is 54.2 Å². The highest BCUT2D eigenvalue weighted by atomic mass is 15.1. The van der Waals surface area contributed by atoms with E-state index in [1.54, 1.807) is 18.9 Å². The molecule has 3 rings (SSSR count). The molecule has 0 bridgehead atoms. The number of rotatable bonds is 2. The van der Waals surface area contributed by atoms with Crippen molar-refractivity contribution in [3.63, 3.8) is 0 Å². The van der Waals surface area contributed by atoms with Crippen molar-refractivity contribution in [1.29, 1.82) is 0 Å². The Bertz CT molecular complexity index is 640. The Hall–Kier alpha value is -2.23. The van der Waals surface area contributed by atoms with Crippen LogP contribution in [0.1, 0.15) is 11.1 Å². The van der Waals surface area contributed by atoms with Crippen molar-refractivity contribution in [2.45, 2.75) is 13.5 Å². The highest BCUT2D eigenvalue weighted by molar-refractivity contribution is 5.68. The Morgan fingerprint density at radius 3 is 2.76 bits per heavy atom. The van der Waals surface area contributed by atoms with Crippen LogP contribution in [0.3, 0.4) is 0 Å². The monoisotopic (exact) mass is 224 g/mol. The van der Waals surface area contributed by atoms with Crippen LogP contribution in [0.2, 0.25) is 0 Å². The molecule has 17 heavy (non-hydrogen) atoms. The fraction of sp³-hybridized carbons (Fsp3) is 0.154. The van der Waals surface area contributed by atoms with Gasteiger partial charge in [-0.1, -0.05) is 29.8 Å². The van der Waals surface area contributed by atoms with Crippen LogP contribution >= 0.6 is 0 Å². The first-order chi connectivity index (χ1) is 8.33. The molecule has 0 unspecified atom stereocenters. The predicted octanol–water partition coefficient (Wildman–Crippen LogP) is 2.18. The molecule has 0 aliphatic heterocycles. The van der Waals surface area contributed by atoms with Gasteiger partial charge in [-0.15, -0.1) is 0 Å². The Morgan fingerprint density at radius 2 is 1.94 bits per heavy atom. The maximum atomic E-state index is 4.27. The normalized spacial score (nSPS) is 10.9. The minimum atomic E-state index is 0.786. The van der Waals surface area contributed by atoms with Crippen LogP contribution in [0.5, 0.6) is 0 Å². The summed E-state index contributed by atoms with van der Waals surface area (Å²) in [5.41, 5.74) is 4.22. The van der Waals surface area contributed by atoms with E-state index in [4.69, 9.17) is 0 Å². The summed E-state index contributed by atoms with van der Waals surface area (Å²) in [7, 11) is 0. The number of benzene rings is 1. The molecule has 3 aromatic rings. The third kappa shape index (κ3) is 1.89. The molecule has 0 fully saturated rings. The van der Waals surface area contributed by atoms with Gasteiger partial charge >= 0.3 is 0 Å². The molecule has 2 heterocycles. The van der Waals surface area contributed by atoms with Crippen molar-refractivity contribution in [2.75, 3.05) is 0 Å². The fourth-order valence-corrected chi connectivity index (χ4v) is 1.82. The van der Waals surface area contributed by atoms with Gasteiger partial charge in [-0.2, -0.15) is 0 Å². The Balaban J connectivity index is 1.97. The lowest BCUT2D eigenvalue weighted by Crippen LogP contribution is -1.99. The van der Waals surface area contributed by atoms with Gasteiger partial charge < -0.3 is 4.57 Å². The van der Waals surface area contributed by atoms with E-state index < -0.39 is 0 Å². The average molecular weight is 224 g/mol. The summed E-state index contributed by atoms with van der Waals surface area (Å²) in [5, 5.41) is 0. The predicted molar refractivity (Wildman–Crippen MR) is 65.6 cm³/mol. The van der Waals surface area contributed by atoms with Gasteiger partial charge in [0.05, 0.1) is 19.1 Å². The summed E-state index contributed by atoms with van der Waals surface area (Å²) in [6, 6.07) is 8.48. The van der Waals surface area contributed by atoms with Crippen molar-refractivity contribution in [3.8, 4) is 0 Å². The summed E-state index contributed by atoms with van der Waals surface area (Å²) in [4.78, 5) is 12.5. The van der Waals surface area contributed by atoms with Gasteiger partial charge in [-0.05, 0) is 12.5 Å². The molecule has 0 aliphatic rings. The third-order valence-electron chi connectivity index (χ3n) is 2.75. The average Bonchev–Trinajstić information content (AvgIpc) is 2.76. The molecule has 0 saturated heterocycles. The van der Waals surface area contributed by atoms with E-state index in [2.05, 4.69) is 46.1 Å². The smallest absolute Gasteiger partial charge is 0.163 e. The van der Waals surface area contributed by atoms with E-state index in [1.165, 1.54) is 11.1 Å². The van der Waals surface area contributed by atoms with Gasteiger partial charge in [-0.3, -0.25) is 0 Å². The molecular formula is C13H12N4. The van der Waals surface area contributed by atoms with Crippen molar-refractivity contribution >= 4 is 11.2 Å². The summed E-state index contributed by atoms with van der Waals surface area (Å²) >= 11 is 0. The highest BCUT2D eigenvalue weighted by Gasteiger charge is 2.03. The van der Waals surface area contributed by atoms with E-state index in [0.717, 1.165) is 17.7 Å². The molecule has 84 valence electrons. The van der Waals surface area contributed by atoms with Crippen molar-refractivity contribution < 1.29 is 0 Å². The second kappa shape index (κ2) is 3.97. The molecule has 0 radical (unpaired) electrons. The molecular weight excluding hydrogens is 212 g/mol. The molecule has 0 saturated carbocycles. The van der Waals surface area contributed by atoms with E-state index in [-0.39, 0.29) is 0 Å². The third-order valence-corrected chi connectivity index (χ3v) is 2.75. The minimum Gasteiger partial charge on any atom is -0.311 e. The van der Waals surface area contributed by atoms with Gasteiger partial charge in [0.1, 0.15) is 11.8 Å². The number of fused-ring (bicyclic) bond motifs is 1. The first-order valence-electron chi connectivity index (χ1n) is 5.49. The summed E-state index contributed by atoms with van der Waals surface area (Å²) in [5.74, 6) is 0. The maximum absolute atomic E-state index is 4.27. The van der Waals surface area contributed by atoms with E-state index in [9.17, 15) is 0 Å². The van der Waals surface area contributed by atoms with Crippen LogP contribution in [-0.2, 0) is 6.54 Å². The molecule has 1 aromatic carbocycles. The molecule has 4 heteroatoms. The van der Waals surface area contributed by atoms with E-state index in [1.807, 2.05) is 4.57 Å². The quantitative estimate of drug-likeness (QED) is 0.670. The zero-order chi connectivity index (χ0) is 11.7. The molecule has 0 aliphatic carbocycles. The molecule has 0 spiro atoms. The summed E-state index contributed by atoms with van der Waals surface area (Å²) < 4.78 is 2.03. The zero-order valence-corrected chi connectivity index (χ0v) is 9.54. The second-order valence-corrected chi connectivity index (χ2v) is 4.09. The number of imidazole rings is 1. The lowest BCUT2D eigenvalue weighted by molar-refractivity contribution is 0.813. The van der Waals surface area contributed by atoms with Crippen LogP contribution in [0, 0.1) is 6.92 Å². The minimum absolute atomic E-state index is 0.786. The Kier molecular flexibility index (Phi) is 2.33. The SMILES string of the molecule is Cc1ccc(Cn2cnc3cncnc32)cc1. The van der Waals surface area contributed by atoms with Gasteiger partial charge in [0, 0.05) is 0 Å². The number of hydrogen-bond donors (Lipinski definition) is 0. The van der Waals surface area contributed by atoms with Gasteiger partial charge in [0.15, 0.2) is 5.65 Å². The molecule has 2 aromatic heterocycles. The number of nitrogens with zero attached hydrogens (tertiary/aromatic N) is 4. The fourth-order valence-electron chi connectivity index (χ4n) is 1.82. The van der Waals surface area contributed by atoms with Crippen LogP contribution in [0.25, 0.3) is 11.2 Å². The van der Waals surface area contributed by atoms with E-state index in [0.29, 0.717) is 0 Å². The molecule has 0 N–H and O–H groups in total. The Morgan fingerprint density at radius 1 is 1.12 bits per heavy atom. The van der Waals surface area contributed by atoms with Crippen molar-refractivity contribution in [2.24, 2.45) is 0 Å². The first kappa shape index (κ1) is 9.96. The highest BCUT2D eigenvalue weighted by Crippen LogP contribution is 2.11. The summed E-state index contributed by atoms with van der Waals surface area (Å²) in [6.07, 6.45) is 5.09. The topological polar surface area (TPSA) is 43.6 Å². The summed E-state index contributed by atoms with van der Waals surface area (Å²) in [6.45, 7) is 2.87. The van der Waals surface area contributed by atoms with Gasteiger partial charge in [-0.25, -0.2) is 15.0 Å². The van der Waals surface area contributed by atoms with E-state index >= 15 is 0 Å². The standard InChI is InChI=1S/C13H12N4/c1-10-2-4-11(5-3-10)7-17-9-16-12-6-14-8-15-13(12)17/h2-6,8-9H,7H2,1H3. The lowest BCUT2D eigenvalue weighted by Gasteiger charge is -2.03. The molecule has 0 atom stereocenters. The lowest BCUT2D eigenvalue weighted by atomic mass is 10.1. The Labute approximate surface area is 99.0 Å². The molecule has 4 nitrogen and oxygen atoms in total. The van der Waals surface area contributed by atoms with Crippen molar-refractivity contribution in [1.82, 2.24) is 19.5 Å². The van der Waals surface area contributed by atoms with Crippen LogP contribution in [-0.4, -0.2) is 19.5 Å². The van der Waals surface area contributed by atoms with Gasteiger partial charge in [0.25, 0.3) is 0 Å². The number of aryl methyl sites for hydroxylation is 1. The number of hydrogen-bond acceptors (Lipinski definition) is 3. The largest absolute Gasteiger partial charge is 0.311 e. The first-order valence-corrected chi connectivity index (χ1v) is 5.49. The zero-order valence-electron chi connectivity index (χ0n) is 9.54. The number of aromatic nitrogens is 4. The molecule has 0 amide bonds. The maximum Gasteiger partial charge on any atom is 0.163 e.